The zero-order valence-electron chi connectivity index (χ0n) is 16.2. The van der Waals surface area contributed by atoms with E-state index in [2.05, 4.69) is 20.7 Å². The summed E-state index contributed by atoms with van der Waals surface area (Å²) >= 11 is 3.34. The zero-order valence-corrected chi connectivity index (χ0v) is 18.6. The van der Waals surface area contributed by atoms with E-state index >= 15 is 0 Å². The molecule has 0 aromatic heterocycles. The highest BCUT2D eigenvalue weighted by atomic mass is 79.9. The maximum atomic E-state index is 13.0. The molecular formula is C20H21BrN2O5S. The molecule has 0 radical (unpaired) electrons. The number of ether oxygens (including phenoxy) is 1. The summed E-state index contributed by atoms with van der Waals surface area (Å²) in [6, 6.07) is 9.28. The molecule has 0 saturated heterocycles. The van der Waals surface area contributed by atoms with Gasteiger partial charge in [0.15, 0.2) is 0 Å². The minimum absolute atomic E-state index is 0.0122. The fourth-order valence-electron chi connectivity index (χ4n) is 3.44. The summed E-state index contributed by atoms with van der Waals surface area (Å²) in [6.45, 7) is 5.30. The van der Waals surface area contributed by atoms with Crippen molar-refractivity contribution >= 4 is 49.2 Å². The molecule has 1 N–H and O–H groups in total. The molecule has 9 heteroatoms. The van der Waals surface area contributed by atoms with E-state index in [-0.39, 0.29) is 34.7 Å². The lowest BCUT2D eigenvalue weighted by molar-refractivity contribution is -0.116. The topological polar surface area (TPSA) is 92.8 Å². The summed E-state index contributed by atoms with van der Waals surface area (Å²) in [7, 11) is -3.97. The Hall–Kier alpha value is -2.39. The van der Waals surface area contributed by atoms with Gasteiger partial charge < -0.3 is 9.64 Å². The number of nitrogens with one attached hydrogen (secondary N) is 1. The average molecular weight is 481 g/mol. The minimum Gasteiger partial charge on any atom is -0.462 e. The quantitative estimate of drug-likeness (QED) is 0.658. The summed E-state index contributed by atoms with van der Waals surface area (Å²) in [5, 5.41) is 0. The fourth-order valence-corrected chi connectivity index (χ4v) is 5.60. The molecule has 2 aromatic carbocycles. The number of anilines is 2. The van der Waals surface area contributed by atoms with Crippen LogP contribution in [0.4, 0.5) is 11.4 Å². The van der Waals surface area contributed by atoms with Crippen molar-refractivity contribution in [3.8, 4) is 0 Å². The second kappa shape index (κ2) is 8.16. The van der Waals surface area contributed by atoms with Gasteiger partial charge in [0.25, 0.3) is 10.0 Å². The van der Waals surface area contributed by atoms with Gasteiger partial charge in [-0.05, 0) is 72.1 Å². The van der Waals surface area contributed by atoms with Crippen LogP contribution < -0.4 is 9.62 Å². The molecule has 29 heavy (non-hydrogen) atoms. The number of esters is 1. The Kier molecular flexibility index (Phi) is 6.00. The highest BCUT2D eigenvalue weighted by Gasteiger charge is 2.32. The minimum atomic E-state index is -3.97. The van der Waals surface area contributed by atoms with Crippen LogP contribution in [-0.4, -0.2) is 32.9 Å². The lowest BCUT2D eigenvalue weighted by Crippen LogP contribution is -2.33. The average Bonchev–Trinajstić information content (AvgIpc) is 2.95. The van der Waals surface area contributed by atoms with Crippen LogP contribution in [-0.2, 0) is 26.0 Å². The number of amides is 1. The molecule has 154 valence electrons. The fraction of sp³-hybridized carbons (Fsp3) is 0.300. The first-order valence-corrected chi connectivity index (χ1v) is 11.3. The van der Waals surface area contributed by atoms with Crippen molar-refractivity contribution in [2.45, 2.75) is 38.1 Å². The number of hydrogen-bond acceptors (Lipinski definition) is 5. The molecule has 0 bridgehead atoms. The number of carbonyl (C=O) groups is 2. The third kappa shape index (κ3) is 4.30. The number of benzene rings is 2. The molecule has 1 unspecified atom stereocenters. The first-order valence-electron chi connectivity index (χ1n) is 9.06. The second-order valence-electron chi connectivity index (χ2n) is 6.76. The van der Waals surface area contributed by atoms with Crippen LogP contribution >= 0.6 is 15.9 Å². The van der Waals surface area contributed by atoms with Crippen LogP contribution in [0.3, 0.4) is 0 Å². The number of fused-ring (bicyclic) bond motifs is 1. The zero-order chi connectivity index (χ0) is 21.3. The van der Waals surface area contributed by atoms with Gasteiger partial charge in [-0.1, -0.05) is 6.07 Å². The Labute approximate surface area is 178 Å². The molecule has 3 rings (SSSR count). The largest absolute Gasteiger partial charge is 0.462 e. The Bertz CT molecular complexity index is 1080. The van der Waals surface area contributed by atoms with Crippen molar-refractivity contribution in [3.63, 3.8) is 0 Å². The molecule has 1 aliphatic heterocycles. The third-order valence-electron chi connectivity index (χ3n) is 4.60. The molecule has 0 spiro atoms. The Morgan fingerprint density at radius 3 is 2.66 bits per heavy atom. The predicted octanol–water partition coefficient (Wildman–Crippen LogP) is 3.72. The second-order valence-corrected chi connectivity index (χ2v) is 9.27. The van der Waals surface area contributed by atoms with Gasteiger partial charge >= 0.3 is 5.97 Å². The van der Waals surface area contributed by atoms with E-state index in [0.29, 0.717) is 16.6 Å². The van der Waals surface area contributed by atoms with Crippen molar-refractivity contribution in [1.82, 2.24) is 0 Å². The van der Waals surface area contributed by atoms with Gasteiger partial charge in [-0.25, -0.2) is 13.2 Å². The lowest BCUT2D eigenvalue weighted by atomic mass is 10.1. The molecule has 1 atom stereocenters. The number of hydrogen-bond donors (Lipinski definition) is 1. The number of halogens is 1. The normalized spacial score (nSPS) is 15.7. The first-order chi connectivity index (χ1) is 13.6. The summed E-state index contributed by atoms with van der Waals surface area (Å²) in [6.07, 6.45) is 0.656. The van der Waals surface area contributed by atoms with Gasteiger partial charge in [0, 0.05) is 28.8 Å². The van der Waals surface area contributed by atoms with Crippen LogP contribution in [0.5, 0.6) is 0 Å². The van der Waals surface area contributed by atoms with Crippen LogP contribution in [0.25, 0.3) is 0 Å². The van der Waals surface area contributed by atoms with Gasteiger partial charge in [0.1, 0.15) is 4.90 Å². The SMILES string of the molecule is CCOC(=O)c1cccc(NS(=O)(=O)c2cc3c(cc2Br)CC(C)N3C(C)=O)c1. The van der Waals surface area contributed by atoms with Crippen molar-refractivity contribution in [2.24, 2.45) is 0 Å². The predicted molar refractivity (Wildman–Crippen MR) is 114 cm³/mol. The summed E-state index contributed by atoms with van der Waals surface area (Å²) < 4.78 is 33.9. The maximum Gasteiger partial charge on any atom is 0.338 e. The monoisotopic (exact) mass is 480 g/mol. The standard InChI is InChI=1S/C20H21BrN2O5S/c1-4-28-20(25)14-6-5-7-16(9-14)22-29(26,27)19-11-18-15(10-17(19)21)8-12(2)23(18)13(3)24/h5-7,9-12,22H,4,8H2,1-3H3. The van der Waals surface area contributed by atoms with E-state index in [1.807, 2.05) is 6.92 Å². The van der Waals surface area contributed by atoms with E-state index in [1.54, 1.807) is 36.1 Å². The molecule has 2 aromatic rings. The third-order valence-corrected chi connectivity index (χ3v) is 6.94. The van der Waals surface area contributed by atoms with Crippen LogP contribution in [0.2, 0.25) is 0 Å². The van der Waals surface area contributed by atoms with Crippen LogP contribution in [0.15, 0.2) is 45.8 Å². The molecule has 7 nitrogen and oxygen atoms in total. The summed E-state index contributed by atoms with van der Waals surface area (Å²) in [5.74, 6) is -0.671. The van der Waals surface area contributed by atoms with Crippen molar-refractivity contribution in [3.05, 3.63) is 52.0 Å². The van der Waals surface area contributed by atoms with Gasteiger partial charge in [-0.15, -0.1) is 0 Å². The van der Waals surface area contributed by atoms with E-state index in [9.17, 15) is 18.0 Å². The highest BCUT2D eigenvalue weighted by Crippen LogP contribution is 2.38. The smallest absolute Gasteiger partial charge is 0.338 e. The number of sulfonamides is 1. The molecule has 0 aliphatic carbocycles. The molecule has 0 fully saturated rings. The van der Waals surface area contributed by atoms with Crippen molar-refractivity contribution in [2.75, 3.05) is 16.2 Å². The Morgan fingerprint density at radius 2 is 2.00 bits per heavy atom. The molecule has 0 saturated carbocycles. The number of rotatable bonds is 5. The van der Waals surface area contributed by atoms with Gasteiger partial charge in [-0.2, -0.15) is 0 Å². The van der Waals surface area contributed by atoms with E-state index in [1.165, 1.54) is 19.1 Å². The summed E-state index contributed by atoms with van der Waals surface area (Å²) in [4.78, 5) is 25.5. The van der Waals surface area contributed by atoms with Crippen LogP contribution in [0.1, 0.15) is 36.7 Å². The van der Waals surface area contributed by atoms with Crippen molar-refractivity contribution < 1.29 is 22.7 Å². The van der Waals surface area contributed by atoms with E-state index in [0.717, 1.165) is 5.56 Å². The van der Waals surface area contributed by atoms with E-state index in [4.69, 9.17) is 4.74 Å². The van der Waals surface area contributed by atoms with Crippen molar-refractivity contribution in [1.29, 1.82) is 0 Å². The van der Waals surface area contributed by atoms with Gasteiger partial charge in [0.2, 0.25) is 5.91 Å². The number of carbonyl (C=O) groups excluding carboxylic acids is 2. The number of nitrogens with zero attached hydrogens (tertiary/aromatic N) is 1. The van der Waals surface area contributed by atoms with Crippen LogP contribution in [0, 0.1) is 0 Å². The summed E-state index contributed by atoms with van der Waals surface area (Å²) in [5.41, 5.74) is 1.98. The Balaban J connectivity index is 1.96. The lowest BCUT2D eigenvalue weighted by Gasteiger charge is -2.21. The Morgan fingerprint density at radius 1 is 1.28 bits per heavy atom. The van der Waals surface area contributed by atoms with E-state index < -0.39 is 16.0 Å². The highest BCUT2D eigenvalue weighted by molar-refractivity contribution is 9.10. The first kappa shape index (κ1) is 21.3. The molecule has 1 heterocycles. The molecule has 1 aliphatic rings. The molecular weight excluding hydrogens is 460 g/mol. The maximum absolute atomic E-state index is 13.0. The van der Waals surface area contributed by atoms with Gasteiger partial charge in [-0.3, -0.25) is 9.52 Å². The molecule has 1 amide bonds. The van der Waals surface area contributed by atoms with Gasteiger partial charge in [0.05, 0.1) is 12.2 Å².